The van der Waals surface area contributed by atoms with Crippen LogP contribution in [0.5, 0.6) is 11.5 Å². The first-order valence-electron chi connectivity index (χ1n) is 7.48. The molecule has 0 radical (unpaired) electrons. The molecule has 1 atom stereocenters. The first-order valence-corrected chi connectivity index (χ1v) is 8.71. The Labute approximate surface area is 151 Å². The van der Waals surface area contributed by atoms with E-state index in [-0.39, 0.29) is 0 Å². The molecule has 132 valence electrons. The van der Waals surface area contributed by atoms with E-state index in [1.54, 1.807) is 33.3 Å². The molecule has 7 heteroatoms. The summed E-state index contributed by atoms with van der Waals surface area (Å²) in [6.07, 6.45) is 1.88. The van der Waals surface area contributed by atoms with Gasteiger partial charge in [-0.05, 0) is 30.9 Å². The number of methoxy groups -OCH3 is 3. The number of carbonyl (C=O) groups excluding carboxylic acids is 1. The van der Waals surface area contributed by atoms with Gasteiger partial charge in [-0.25, -0.2) is 4.79 Å². The van der Waals surface area contributed by atoms with Crippen LogP contribution in [0, 0.1) is 11.3 Å². The molecule has 0 aromatic heterocycles. The first-order chi connectivity index (χ1) is 12.0. The van der Waals surface area contributed by atoms with Crippen molar-refractivity contribution in [3.8, 4) is 17.6 Å². The average Bonchev–Trinajstić information content (AvgIpc) is 2.65. The standard InChI is InChI=1S/C18H20N2O4S/c1-10-15(18(21)24-4)16(12(9-19)17(20-10)25-5)11-6-7-13(22-2)14(8-11)23-3/h6-8,16,20H,1-5H3. The maximum atomic E-state index is 12.4. The second-order valence-corrected chi connectivity index (χ2v) is 6.08. The van der Waals surface area contributed by atoms with E-state index in [0.29, 0.717) is 33.4 Å². The van der Waals surface area contributed by atoms with Gasteiger partial charge in [0.1, 0.15) is 0 Å². The molecule has 25 heavy (non-hydrogen) atoms. The minimum atomic E-state index is -0.541. The van der Waals surface area contributed by atoms with Gasteiger partial charge in [0.15, 0.2) is 11.5 Å². The van der Waals surface area contributed by atoms with Crippen molar-refractivity contribution in [2.75, 3.05) is 27.6 Å². The summed E-state index contributed by atoms with van der Waals surface area (Å²) in [6.45, 7) is 1.80. The zero-order valence-corrected chi connectivity index (χ0v) is 15.6. The van der Waals surface area contributed by atoms with Crippen LogP contribution in [0.1, 0.15) is 18.4 Å². The van der Waals surface area contributed by atoms with Gasteiger partial charge in [0.25, 0.3) is 0 Å². The second kappa shape index (κ2) is 7.99. The normalized spacial score (nSPS) is 16.9. The first kappa shape index (κ1) is 18.7. The molecule has 1 aliphatic heterocycles. The van der Waals surface area contributed by atoms with Gasteiger partial charge in [0.05, 0.1) is 49.5 Å². The number of esters is 1. The smallest absolute Gasteiger partial charge is 0.336 e. The fourth-order valence-corrected chi connectivity index (χ4v) is 3.46. The minimum Gasteiger partial charge on any atom is -0.493 e. The molecule has 1 aromatic carbocycles. The van der Waals surface area contributed by atoms with Crippen LogP contribution in [-0.4, -0.2) is 33.6 Å². The van der Waals surface area contributed by atoms with Crippen molar-refractivity contribution in [1.29, 1.82) is 5.26 Å². The SMILES string of the molecule is COC(=O)C1=C(C)NC(SC)=C(C#N)C1c1ccc(OC)c(OC)c1. The fraction of sp³-hybridized carbons (Fsp3) is 0.333. The number of thioether (sulfide) groups is 1. The summed E-state index contributed by atoms with van der Waals surface area (Å²) in [6, 6.07) is 7.59. The van der Waals surface area contributed by atoms with Crippen molar-refractivity contribution in [3.05, 3.63) is 45.6 Å². The molecule has 0 spiro atoms. The van der Waals surface area contributed by atoms with Crippen LogP contribution in [0.25, 0.3) is 0 Å². The van der Waals surface area contributed by atoms with E-state index < -0.39 is 11.9 Å². The number of allylic oxidation sites excluding steroid dienone is 2. The van der Waals surface area contributed by atoms with Gasteiger partial charge >= 0.3 is 5.97 Å². The number of benzene rings is 1. The second-order valence-electron chi connectivity index (χ2n) is 5.26. The van der Waals surface area contributed by atoms with Crippen molar-refractivity contribution < 1.29 is 19.0 Å². The lowest BCUT2D eigenvalue weighted by atomic mass is 9.82. The number of rotatable bonds is 5. The number of nitrogens with one attached hydrogen (secondary N) is 1. The molecular weight excluding hydrogens is 340 g/mol. The third-order valence-electron chi connectivity index (χ3n) is 4.00. The highest BCUT2D eigenvalue weighted by molar-refractivity contribution is 8.02. The van der Waals surface area contributed by atoms with Crippen molar-refractivity contribution >= 4 is 17.7 Å². The maximum Gasteiger partial charge on any atom is 0.336 e. The molecular formula is C18H20N2O4S. The highest BCUT2D eigenvalue weighted by Gasteiger charge is 2.35. The number of nitrogens with zero attached hydrogens (tertiary/aromatic N) is 1. The molecule has 0 saturated heterocycles. The van der Waals surface area contributed by atoms with E-state index in [4.69, 9.17) is 14.2 Å². The fourth-order valence-electron chi connectivity index (χ4n) is 2.82. The summed E-state index contributed by atoms with van der Waals surface area (Å²) >= 11 is 1.42. The molecule has 1 aromatic rings. The predicted molar refractivity (Wildman–Crippen MR) is 96.3 cm³/mol. The molecule has 2 rings (SSSR count). The highest BCUT2D eigenvalue weighted by atomic mass is 32.2. The molecule has 0 aliphatic carbocycles. The van der Waals surface area contributed by atoms with E-state index in [1.165, 1.54) is 18.9 Å². The summed E-state index contributed by atoms with van der Waals surface area (Å²) in [5.41, 5.74) is 2.28. The van der Waals surface area contributed by atoms with E-state index in [9.17, 15) is 10.1 Å². The third kappa shape index (κ3) is 3.44. The van der Waals surface area contributed by atoms with Crippen molar-refractivity contribution in [2.24, 2.45) is 0 Å². The number of dihydropyridines is 1. The summed E-state index contributed by atoms with van der Waals surface area (Å²) < 4.78 is 15.6. The van der Waals surface area contributed by atoms with E-state index in [1.807, 2.05) is 12.3 Å². The Kier molecular flexibility index (Phi) is 5.99. The van der Waals surface area contributed by atoms with Gasteiger partial charge in [-0.2, -0.15) is 5.26 Å². The van der Waals surface area contributed by atoms with Crippen molar-refractivity contribution in [1.82, 2.24) is 5.32 Å². The van der Waals surface area contributed by atoms with Crippen LogP contribution in [-0.2, 0) is 9.53 Å². The number of nitriles is 1. The van der Waals surface area contributed by atoms with Gasteiger partial charge in [0, 0.05) is 5.70 Å². The zero-order valence-electron chi connectivity index (χ0n) is 14.8. The topological polar surface area (TPSA) is 80.6 Å². The Balaban J connectivity index is 2.70. The van der Waals surface area contributed by atoms with Crippen LogP contribution in [0.4, 0.5) is 0 Å². The summed E-state index contributed by atoms with van der Waals surface area (Å²) in [4.78, 5) is 12.4. The molecule has 0 bridgehead atoms. The zero-order chi connectivity index (χ0) is 18.6. The summed E-state index contributed by atoms with van der Waals surface area (Å²) in [5.74, 6) is 0.0927. The number of carbonyl (C=O) groups is 1. The lowest BCUT2D eigenvalue weighted by Gasteiger charge is -2.29. The predicted octanol–water partition coefficient (Wildman–Crippen LogP) is 2.94. The Bertz CT molecular complexity index is 793. The monoisotopic (exact) mass is 360 g/mol. The van der Waals surface area contributed by atoms with Crippen LogP contribution in [0.3, 0.4) is 0 Å². The molecule has 1 heterocycles. The van der Waals surface area contributed by atoms with Gasteiger partial charge < -0.3 is 19.5 Å². The number of ether oxygens (including phenoxy) is 3. The molecule has 0 saturated carbocycles. The van der Waals surface area contributed by atoms with Gasteiger partial charge in [-0.3, -0.25) is 0 Å². The maximum absolute atomic E-state index is 12.4. The van der Waals surface area contributed by atoms with E-state index in [0.717, 1.165) is 5.56 Å². The Morgan fingerprint density at radius 1 is 1.24 bits per heavy atom. The Hall–Kier alpha value is -2.59. The van der Waals surface area contributed by atoms with Crippen LogP contribution in [0.15, 0.2) is 40.1 Å². The summed E-state index contributed by atoms with van der Waals surface area (Å²) in [5, 5.41) is 13.6. The lowest BCUT2D eigenvalue weighted by molar-refractivity contribution is -0.136. The molecule has 1 aliphatic rings. The summed E-state index contributed by atoms with van der Waals surface area (Å²) in [7, 11) is 4.42. The van der Waals surface area contributed by atoms with Crippen molar-refractivity contribution in [2.45, 2.75) is 12.8 Å². The molecule has 0 fully saturated rings. The average molecular weight is 360 g/mol. The third-order valence-corrected chi connectivity index (χ3v) is 4.73. The molecule has 1 unspecified atom stereocenters. The molecule has 1 N–H and O–H groups in total. The number of hydrogen-bond donors (Lipinski definition) is 1. The molecule has 0 amide bonds. The van der Waals surface area contributed by atoms with Gasteiger partial charge in [-0.15, -0.1) is 11.8 Å². The molecule has 6 nitrogen and oxygen atoms in total. The van der Waals surface area contributed by atoms with Crippen LogP contribution < -0.4 is 14.8 Å². The highest BCUT2D eigenvalue weighted by Crippen LogP contribution is 2.42. The van der Waals surface area contributed by atoms with E-state index >= 15 is 0 Å². The Morgan fingerprint density at radius 2 is 1.92 bits per heavy atom. The minimum absolute atomic E-state index is 0.407. The van der Waals surface area contributed by atoms with E-state index in [2.05, 4.69) is 11.4 Å². The Morgan fingerprint density at radius 3 is 2.44 bits per heavy atom. The lowest BCUT2D eigenvalue weighted by Crippen LogP contribution is -2.28. The van der Waals surface area contributed by atoms with Crippen LogP contribution in [0.2, 0.25) is 0 Å². The van der Waals surface area contributed by atoms with Crippen LogP contribution >= 0.6 is 11.8 Å². The van der Waals surface area contributed by atoms with Crippen molar-refractivity contribution in [3.63, 3.8) is 0 Å². The van der Waals surface area contributed by atoms with Gasteiger partial charge in [-0.1, -0.05) is 6.07 Å². The number of hydrogen-bond acceptors (Lipinski definition) is 7. The quantitative estimate of drug-likeness (QED) is 0.809. The van der Waals surface area contributed by atoms with Gasteiger partial charge in [0.2, 0.25) is 0 Å². The largest absolute Gasteiger partial charge is 0.493 e.